The Labute approximate surface area is 108 Å². The quantitative estimate of drug-likeness (QED) is 0.645. The van der Waals surface area contributed by atoms with Crippen LogP contribution in [0.4, 0.5) is 5.82 Å². The molecule has 0 amide bonds. The molecule has 0 fully saturated rings. The fourth-order valence-electron chi connectivity index (χ4n) is 2.08. The van der Waals surface area contributed by atoms with Gasteiger partial charge in [0.05, 0.1) is 11.9 Å². The summed E-state index contributed by atoms with van der Waals surface area (Å²) in [6, 6.07) is 7.72. The van der Waals surface area contributed by atoms with Crippen LogP contribution in [0.5, 0.6) is 0 Å². The fraction of sp³-hybridized carbons (Fsp3) is 0.0769. The van der Waals surface area contributed by atoms with Gasteiger partial charge in [-0.1, -0.05) is 24.3 Å². The van der Waals surface area contributed by atoms with E-state index in [2.05, 4.69) is 15.1 Å². The smallest absolute Gasteiger partial charge is 0.323 e. The molecular weight excluding hydrogens is 242 g/mol. The maximum atomic E-state index is 11.2. The van der Waals surface area contributed by atoms with Gasteiger partial charge in [-0.25, -0.2) is 4.79 Å². The van der Waals surface area contributed by atoms with Gasteiger partial charge in [0.1, 0.15) is 5.82 Å². The van der Waals surface area contributed by atoms with Crippen LogP contribution in [0.3, 0.4) is 0 Å². The molecule has 3 rings (SSSR count). The van der Waals surface area contributed by atoms with E-state index in [0.717, 1.165) is 22.4 Å². The predicted molar refractivity (Wildman–Crippen MR) is 73.5 cm³/mol. The molecule has 3 aromatic rings. The number of rotatable bonds is 2. The highest BCUT2D eigenvalue weighted by Crippen LogP contribution is 2.33. The van der Waals surface area contributed by atoms with Gasteiger partial charge in [0.25, 0.3) is 0 Å². The molecular formula is C13H13N5O. The first kappa shape index (κ1) is 11.3. The first-order valence-electron chi connectivity index (χ1n) is 5.82. The van der Waals surface area contributed by atoms with Crippen molar-refractivity contribution in [1.29, 1.82) is 0 Å². The van der Waals surface area contributed by atoms with E-state index in [4.69, 9.17) is 5.73 Å². The Morgan fingerprint density at radius 2 is 1.95 bits per heavy atom. The summed E-state index contributed by atoms with van der Waals surface area (Å²) >= 11 is 0. The van der Waals surface area contributed by atoms with Gasteiger partial charge in [-0.3, -0.25) is 4.68 Å². The van der Waals surface area contributed by atoms with E-state index in [0.29, 0.717) is 5.82 Å². The number of nitrogens with two attached hydrogens (primary N) is 1. The zero-order valence-electron chi connectivity index (χ0n) is 10.3. The van der Waals surface area contributed by atoms with E-state index in [1.165, 1.54) is 0 Å². The van der Waals surface area contributed by atoms with Crippen molar-refractivity contribution in [2.75, 3.05) is 5.73 Å². The van der Waals surface area contributed by atoms with Crippen LogP contribution in [0.25, 0.3) is 22.4 Å². The maximum absolute atomic E-state index is 11.2. The minimum absolute atomic E-state index is 0.232. The average molecular weight is 255 g/mol. The van der Waals surface area contributed by atoms with Crippen LogP contribution in [0.1, 0.15) is 0 Å². The Kier molecular flexibility index (Phi) is 2.49. The van der Waals surface area contributed by atoms with Crippen molar-refractivity contribution in [2.24, 2.45) is 7.05 Å². The van der Waals surface area contributed by atoms with Crippen molar-refractivity contribution in [3.63, 3.8) is 0 Å². The maximum Gasteiger partial charge on any atom is 0.323 e. The third-order valence-corrected chi connectivity index (χ3v) is 3.09. The van der Waals surface area contributed by atoms with Gasteiger partial charge in [0.15, 0.2) is 0 Å². The minimum Gasteiger partial charge on any atom is -0.383 e. The number of aryl methyl sites for hydroxylation is 1. The van der Waals surface area contributed by atoms with Crippen molar-refractivity contribution in [2.45, 2.75) is 0 Å². The van der Waals surface area contributed by atoms with Crippen molar-refractivity contribution in [1.82, 2.24) is 19.7 Å². The molecule has 0 aliphatic rings. The number of aromatic nitrogens is 4. The van der Waals surface area contributed by atoms with Gasteiger partial charge in [-0.2, -0.15) is 5.10 Å². The molecule has 6 nitrogen and oxygen atoms in total. The highest BCUT2D eigenvalue weighted by Gasteiger charge is 2.13. The highest BCUT2D eigenvalue weighted by molar-refractivity contribution is 5.86. The molecule has 19 heavy (non-hydrogen) atoms. The summed E-state index contributed by atoms with van der Waals surface area (Å²) in [5.74, 6) is 0.588. The summed E-state index contributed by atoms with van der Waals surface area (Å²) in [5, 5.41) is 4.14. The number of imidazole rings is 1. The van der Waals surface area contributed by atoms with E-state index < -0.39 is 0 Å². The lowest BCUT2D eigenvalue weighted by molar-refractivity contribution is 0.779. The van der Waals surface area contributed by atoms with E-state index in [-0.39, 0.29) is 5.69 Å². The molecule has 0 spiro atoms. The second-order valence-electron chi connectivity index (χ2n) is 4.27. The molecule has 0 aliphatic heterocycles. The van der Waals surface area contributed by atoms with Gasteiger partial charge in [-0.15, -0.1) is 0 Å². The lowest BCUT2D eigenvalue weighted by Crippen LogP contribution is -2.00. The monoisotopic (exact) mass is 255 g/mol. The topological polar surface area (TPSA) is 92.5 Å². The third kappa shape index (κ3) is 1.83. The molecule has 4 N–H and O–H groups in total. The van der Waals surface area contributed by atoms with Crippen LogP contribution in [0, 0.1) is 0 Å². The van der Waals surface area contributed by atoms with Crippen molar-refractivity contribution in [3.8, 4) is 22.4 Å². The molecule has 0 aliphatic carbocycles. The Morgan fingerprint density at radius 3 is 2.53 bits per heavy atom. The van der Waals surface area contributed by atoms with Crippen molar-refractivity contribution in [3.05, 3.63) is 47.1 Å². The Hall–Kier alpha value is -2.76. The summed E-state index contributed by atoms with van der Waals surface area (Å²) in [4.78, 5) is 16.6. The van der Waals surface area contributed by atoms with Crippen LogP contribution in [-0.4, -0.2) is 19.7 Å². The van der Waals surface area contributed by atoms with Gasteiger partial charge in [0.2, 0.25) is 0 Å². The summed E-state index contributed by atoms with van der Waals surface area (Å²) < 4.78 is 1.62. The van der Waals surface area contributed by atoms with Gasteiger partial charge < -0.3 is 15.7 Å². The summed E-state index contributed by atoms with van der Waals surface area (Å²) in [5.41, 5.74) is 9.19. The zero-order valence-corrected chi connectivity index (χ0v) is 10.3. The third-order valence-electron chi connectivity index (χ3n) is 3.09. The second-order valence-corrected chi connectivity index (χ2v) is 4.27. The van der Waals surface area contributed by atoms with Gasteiger partial charge >= 0.3 is 5.69 Å². The minimum atomic E-state index is -0.232. The highest BCUT2D eigenvalue weighted by atomic mass is 16.1. The first-order chi connectivity index (χ1) is 9.16. The first-order valence-corrected chi connectivity index (χ1v) is 5.82. The SMILES string of the molecule is Cn1ncc(-c2ccccc2-c2c[nH]c(=O)[nH]2)c1N. The molecule has 2 aromatic heterocycles. The van der Waals surface area contributed by atoms with E-state index in [9.17, 15) is 4.79 Å². The second kappa shape index (κ2) is 4.16. The average Bonchev–Trinajstić information content (AvgIpc) is 2.98. The number of anilines is 1. The standard InChI is InChI=1S/C13H13N5O/c1-18-12(14)10(6-16-18)8-4-2-3-5-9(8)11-7-15-13(19)17-11/h2-7H,14H2,1H3,(H2,15,17,19). The van der Waals surface area contributed by atoms with E-state index >= 15 is 0 Å². The summed E-state index contributed by atoms with van der Waals surface area (Å²) in [6.07, 6.45) is 3.37. The molecule has 1 aromatic carbocycles. The summed E-state index contributed by atoms with van der Waals surface area (Å²) in [6.45, 7) is 0. The molecule has 0 radical (unpaired) electrons. The number of H-pyrrole nitrogens is 2. The van der Waals surface area contributed by atoms with Crippen molar-refractivity contribution >= 4 is 5.82 Å². The van der Waals surface area contributed by atoms with Gasteiger partial charge in [-0.05, 0) is 5.56 Å². The molecule has 0 saturated heterocycles. The van der Waals surface area contributed by atoms with Crippen LogP contribution in [0.2, 0.25) is 0 Å². The summed E-state index contributed by atoms with van der Waals surface area (Å²) in [7, 11) is 1.79. The Balaban J connectivity index is 2.23. The normalized spacial score (nSPS) is 10.8. The molecule has 2 heterocycles. The van der Waals surface area contributed by atoms with Crippen LogP contribution in [0.15, 0.2) is 41.5 Å². The Morgan fingerprint density at radius 1 is 1.21 bits per heavy atom. The van der Waals surface area contributed by atoms with Crippen LogP contribution < -0.4 is 11.4 Å². The van der Waals surface area contributed by atoms with Gasteiger partial charge in [0, 0.05) is 24.4 Å². The molecule has 6 heteroatoms. The number of hydrogen-bond donors (Lipinski definition) is 3. The van der Waals surface area contributed by atoms with Crippen LogP contribution >= 0.6 is 0 Å². The van der Waals surface area contributed by atoms with Crippen LogP contribution in [-0.2, 0) is 7.05 Å². The molecule has 96 valence electrons. The number of hydrogen-bond acceptors (Lipinski definition) is 3. The number of benzene rings is 1. The number of nitrogens with zero attached hydrogens (tertiary/aromatic N) is 2. The largest absolute Gasteiger partial charge is 0.383 e. The van der Waals surface area contributed by atoms with E-state index in [1.807, 2.05) is 24.3 Å². The predicted octanol–water partition coefficient (Wildman–Crippen LogP) is 1.35. The zero-order chi connectivity index (χ0) is 13.4. The fourth-order valence-corrected chi connectivity index (χ4v) is 2.08. The number of aromatic amines is 2. The molecule has 0 unspecified atom stereocenters. The molecule has 0 bridgehead atoms. The number of nitrogen functional groups attached to an aromatic ring is 1. The van der Waals surface area contributed by atoms with Crippen molar-refractivity contribution < 1.29 is 0 Å². The number of nitrogens with one attached hydrogen (secondary N) is 2. The van der Waals surface area contributed by atoms with E-state index in [1.54, 1.807) is 24.1 Å². The molecule has 0 saturated carbocycles. The lowest BCUT2D eigenvalue weighted by atomic mass is 10.00. The Bertz CT molecular complexity index is 780. The lowest BCUT2D eigenvalue weighted by Gasteiger charge is -2.07. The molecule has 0 atom stereocenters.